The van der Waals surface area contributed by atoms with E-state index in [9.17, 15) is 27.9 Å². The van der Waals surface area contributed by atoms with E-state index in [0.717, 1.165) is 23.2 Å². The number of rotatable bonds is 6. The van der Waals surface area contributed by atoms with E-state index in [1.807, 2.05) is 18.2 Å². The highest BCUT2D eigenvalue weighted by molar-refractivity contribution is 6.08. The third-order valence-electron chi connectivity index (χ3n) is 7.80. The number of halogens is 3. The number of aliphatic carboxylic acids is 1. The van der Waals surface area contributed by atoms with Gasteiger partial charge in [0.2, 0.25) is 0 Å². The topological polar surface area (TPSA) is 104 Å². The van der Waals surface area contributed by atoms with Crippen LogP contribution in [0.1, 0.15) is 54.7 Å². The number of ether oxygens (including phenoxy) is 2. The molecule has 45 heavy (non-hydrogen) atoms. The van der Waals surface area contributed by atoms with Crippen LogP contribution in [0.3, 0.4) is 0 Å². The molecular formula is C34H30F3N3O5. The van der Waals surface area contributed by atoms with Crippen molar-refractivity contribution in [2.24, 2.45) is 0 Å². The van der Waals surface area contributed by atoms with Crippen molar-refractivity contribution in [1.29, 1.82) is 0 Å². The summed E-state index contributed by atoms with van der Waals surface area (Å²) < 4.78 is 53.8. The van der Waals surface area contributed by atoms with Gasteiger partial charge in [-0.25, -0.2) is 4.79 Å². The van der Waals surface area contributed by atoms with Gasteiger partial charge in [0.25, 0.3) is 5.56 Å². The Kier molecular flexibility index (Phi) is 7.39. The van der Waals surface area contributed by atoms with E-state index < -0.39 is 35.0 Å². The third kappa shape index (κ3) is 5.64. The first kappa shape index (κ1) is 30.3. The Morgan fingerprint density at radius 3 is 2.60 bits per heavy atom. The van der Waals surface area contributed by atoms with Gasteiger partial charge < -0.3 is 19.1 Å². The summed E-state index contributed by atoms with van der Waals surface area (Å²) in [5.74, 6) is -0.535. The van der Waals surface area contributed by atoms with Crippen molar-refractivity contribution in [3.63, 3.8) is 0 Å². The minimum Gasteiger partial charge on any atom is -0.493 e. The van der Waals surface area contributed by atoms with Crippen LogP contribution in [0.2, 0.25) is 0 Å². The number of alkyl halides is 3. The standard InChI is InChI=1S/C34H30F3N3O5/c1-18-13-24-22(6-8-26(41)40(24)17-19-14-21(16-38-15-19)34(35,36)37)29(27(18)31(32(42)43)45-33(2,3)4)23-5-7-25-28-20(10-12-44-25)9-11-39-30(23)28/h5-9,11,13-16,31H,10,12,17H2,1-4H3,(H,42,43)/t31-/m0/s1. The van der Waals surface area contributed by atoms with Crippen LogP contribution >= 0.6 is 0 Å². The number of fused-ring (bicyclic) bond motifs is 1. The van der Waals surface area contributed by atoms with E-state index in [-0.39, 0.29) is 12.1 Å². The maximum Gasteiger partial charge on any atom is 0.417 e. The molecule has 0 spiro atoms. The fourth-order valence-corrected chi connectivity index (χ4v) is 5.98. The van der Waals surface area contributed by atoms with Crippen LogP contribution in [0.15, 0.2) is 65.8 Å². The normalized spacial score (nSPS) is 14.0. The van der Waals surface area contributed by atoms with Crippen molar-refractivity contribution < 1.29 is 32.5 Å². The van der Waals surface area contributed by atoms with E-state index in [1.165, 1.54) is 16.8 Å². The maximum absolute atomic E-state index is 13.5. The summed E-state index contributed by atoms with van der Waals surface area (Å²) in [5, 5.41) is 11.8. The van der Waals surface area contributed by atoms with Crippen LogP contribution in [-0.4, -0.2) is 37.8 Å². The first-order chi connectivity index (χ1) is 21.2. The molecule has 2 aromatic carbocycles. The molecule has 1 N–H and O–H groups in total. The van der Waals surface area contributed by atoms with Crippen LogP contribution < -0.4 is 10.3 Å². The molecule has 11 heteroatoms. The van der Waals surface area contributed by atoms with Gasteiger partial charge in [0, 0.05) is 53.0 Å². The molecule has 6 rings (SSSR count). The summed E-state index contributed by atoms with van der Waals surface area (Å²) in [6.07, 6.45) is -1.59. The lowest BCUT2D eigenvalue weighted by atomic mass is 9.86. The number of aryl methyl sites for hydroxylation is 1. The Bertz CT molecular complexity index is 2040. The number of nitrogens with zero attached hydrogens (tertiary/aromatic N) is 3. The fraction of sp³-hybridized carbons (Fsp3) is 0.294. The summed E-state index contributed by atoms with van der Waals surface area (Å²) in [6.45, 7) is 7.35. The van der Waals surface area contributed by atoms with Gasteiger partial charge in [-0.3, -0.25) is 14.8 Å². The van der Waals surface area contributed by atoms with Crippen molar-refractivity contribution in [2.45, 2.75) is 58.5 Å². The van der Waals surface area contributed by atoms with Crippen molar-refractivity contribution in [3.05, 3.63) is 99.2 Å². The van der Waals surface area contributed by atoms with Crippen molar-refractivity contribution >= 4 is 27.8 Å². The van der Waals surface area contributed by atoms with Crippen LogP contribution in [0.5, 0.6) is 5.75 Å². The number of carboxylic acid groups (broad SMARTS) is 1. The van der Waals surface area contributed by atoms with Gasteiger partial charge in [-0.2, -0.15) is 13.2 Å². The monoisotopic (exact) mass is 617 g/mol. The Morgan fingerprint density at radius 1 is 1.11 bits per heavy atom. The van der Waals surface area contributed by atoms with Gasteiger partial charge in [0.1, 0.15) is 5.75 Å². The largest absolute Gasteiger partial charge is 0.493 e. The zero-order chi connectivity index (χ0) is 32.3. The molecule has 0 amide bonds. The predicted molar refractivity (Wildman–Crippen MR) is 162 cm³/mol. The van der Waals surface area contributed by atoms with Crippen molar-refractivity contribution in [3.8, 4) is 16.9 Å². The van der Waals surface area contributed by atoms with Gasteiger partial charge in [-0.1, -0.05) is 0 Å². The van der Waals surface area contributed by atoms with Crippen molar-refractivity contribution in [1.82, 2.24) is 14.5 Å². The second kappa shape index (κ2) is 11.0. The quantitative estimate of drug-likeness (QED) is 0.222. The van der Waals surface area contributed by atoms with E-state index in [1.54, 1.807) is 46.0 Å². The Morgan fingerprint density at radius 2 is 1.89 bits per heavy atom. The zero-order valence-corrected chi connectivity index (χ0v) is 25.0. The highest BCUT2D eigenvalue weighted by Gasteiger charge is 2.34. The zero-order valence-electron chi connectivity index (χ0n) is 25.0. The van der Waals surface area contributed by atoms with Gasteiger partial charge in [-0.15, -0.1) is 0 Å². The number of aromatic nitrogens is 3. The minimum atomic E-state index is -4.60. The number of hydrogen-bond acceptors (Lipinski definition) is 6. The highest BCUT2D eigenvalue weighted by atomic mass is 19.4. The van der Waals surface area contributed by atoms with Gasteiger partial charge in [0.05, 0.1) is 35.3 Å². The van der Waals surface area contributed by atoms with Gasteiger partial charge in [-0.05, 0) is 86.3 Å². The summed E-state index contributed by atoms with van der Waals surface area (Å²) in [6, 6.07) is 11.2. The fourth-order valence-electron chi connectivity index (χ4n) is 5.98. The van der Waals surface area contributed by atoms with Crippen LogP contribution in [0.4, 0.5) is 13.2 Å². The third-order valence-corrected chi connectivity index (χ3v) is 7.80. The Labute approximate surface area is 256 Å². The average Bonchev–Trinajstić information content (AvgIpc) is 2.97. The highest BCUT2D eigenvalue weighted by Crippen LogP contribution is 2.45. The number of hydrogen-bond donors (Lipinski definition) is 1. The van der Waals surface area contributed by atoms with Crippen LogP contribution in [0.25, 0.3) is 32.9 Å². The lowest BCUT2D eigenvalue weighted by Crippen LogP contribution is -2.28. The molecule has 4 heterocycles. The van der Waals surface area contributed by atoms with Gasteiger partial charge in [0.15, 0.2) is 6.10 Å². The van der Waals surface area contributed by atoms with Crippen LogP contribution in [-0.2, 0) is 28.7 Å². The molecule has 5 aromatic rings. The number of carboxylic acids is 1. The van der Waals surface area contributed by atoms with Gasteiger partial charge >= 0.3 is 12.1 Å². The van der Waals surface area contributed by atoms with E-state index in [2.05, 4.69) is 4.98 Å². The molecule has 0 saturated carbocycles. The molecular weight excluding hydrogens is 587 g/mol. The second-order valence-corrected chi connectivity index (χ2v) is 12.1. The minimum absolute atomic E-state index is 0.183. The number of pyridine rings is 3. The lowest BCUT2D eigenvalue weighted by molar-refractivity contribution is -0.160. The molecule has 1 aliphatic heterocycles. The first-order valence-corrected chi connectivity index (χ1v) is 14.4. The predicted octanol–water partition coefficient (Wildman–Crippen LogP) is 6.86. The molecule has 0 saturated heterocycles. The van der Waals surface area contributed by atoms with E-state index in [4.69, 9.17) is 14.5 Å². The second-order valence-electron chi connectivity index (χ2n) is 12.1. The summed E-state index contributed by atoms with van der Waals surface area (Å²) in [4.78, 5) is 34.6. The van der Waals surface area contributed by atoms with Crippen molar-refractivity contribution in [2.75, 3.05) is 6.61 Å². The molecule has 0 bridgehead atoms. The molecule has 0 unspecified atom stereocenters. The molecule has 0 aliphatic carbocycles. The smallest absolute Gasteiger partial charge is 0.417 e. The first-order valence-electron chi connectivity index (χ1n) is 14.4. The summed E-state index contributed by atoms with van der Waals surface area (Å²) in [5.41, 5.74) is 2.05. The Hall–Kier alpha value is -4.77. The molecule has 0 fully saturated rings. The molecule has 8 nitrogen and oxygen atoms in total. The molecule has 0 radical (unpaired) electrons. The molecule has 1 aliphatic rings. The Balaban J connectivity index is 1.69. The average molecular weight is 618 g/mol. The van der Waals surface area contributed by atoms with E-state index >= 15 is 0 Å². The SMILES string of the molecule is Cc1cc2c(ccc(=O)n2Cc2cncc(C(F)(F)F)c2)c(-c2ccc3c4c(ccnc24)CCO3)c1[C@H](OC(C)(C)C)C(=O)O. The maximum atomic E-state index is 13.5. The molecule has 3 aromatic heterocycles. The van der Waals surface area contributed by atoms with Crippen LogP contribution in [0, 0.1) is 6.92 Å². The molecule has 232 valence electrons. The number of benzene rings is 2. The van der Waals surface area contributed by atoms with E-state index in [0.29, 0.717) is 57.5 Å². The molecule has 1 atom stereocenters. The lowest BCUT2D eigenvalue weighted by Gasteiger charge is -2.29. The summed E-state index contributed by atoms with van der Waals surface area (Å²) in [7, 11) is 0. The number of carbonyl (C=O) groups is 1. The summed E-state index contributed by atoms with van der Waals surface area (Å²) >= 11 is 0.